The highest BCUT2D eigenvalue weighted by molar-refractivity contribution is 6.31. The normalized spacial score (nSPS) is 16.1. The third-order valence-corrected chi connectivity index (χ3v) is 8.98. The second-order valence-corrected chi connectivity index (χ2v) is 12.2. The Bertz CT molecular complexity index is 1870. The summed E-state index contributed by atoms with van der Waals surface area (Å²) in [6.45, 7) is 0.182. The fraction of sp³-hybridized carbons (Fsp3) is 0.333. The fourth-order valence-corrected chi connectivity index (χ4v) is 6.80. The third-order valence-electron chi connectivity index (χ3n) is 8.71. The number of carboxylic acid groups (broad SMARTS) is 2. The second kappa shape index (κ2) is 15.1. The van der Waals surface area contributed by atoms with Gasteiger partial charge in [0.05, 0.1) is 27.3 Å². The Labute approximate surface area is 288 Å². The monoisotopic (exact) mass is 688 g/mol. The highest BCUT2D eigenvalue weighted by Gasteiger charge is 2.31. The summed E-state index contributed by atoms with van der Waals surface area (Å²) < 4.78 is 23.7. The van der Waals surface area contributed by atoms with Crippen LogP contribution in [0.3, 0.4) is 0 Å². The van der Waals surface area contributed by atoms with Crippen molar-refractivity contribution in [1.29, 1.82) is 0 Å². The molecule has 49 heavy (non-hydrogen) atoms. The number of hydrogen-bond acceptors (Lipinski definition) is 10. The van der Waals surface area contributed by atoms with Gasteiger partial charge >= 0.3 is 11.9 Å². The van der Waals surface area contributed by atoms with Gasteiger partial charge in [-0.25, -0.2) is 0 Å². The number of methoxy groups -OCH3 is 2. The molecule has 6 rings (SSSR count). The molecule has 2 aromatic heterocycles. The van der Waals surface area contributed by atoms with Crippen LogP contribution >= 0.6 is 11.6 Å². The molecular formula is C36H37ClN4O8. The Morgan fingerprint density at radius 3 is 1.88 bits per heavy atom. The summed E-state index contributed by atoms with van der Waals surface area (Å²) in [5.74, 6) is -0.487. The minimum absolute atomic E-state index is 0.160. The Kier molecular flexibility index (Phi) is 10.5. The second-order valence-electron chi connectivity index (χ2n) is 11.8. The van der Waals surface area contributed by atoms with Crippen LogP contribution < -0.4 is 29.6 Å². The zero-order valence-electron chi connectivity index (χ0n) is 27.1. The predicted octanol–water partition coefficient (Wildman–Crippen LogP) is 5.30. The van der Waals surface area contributed by atoms with Crippen LogP contribution in [0.25, 0.3) is 11.1 Å². The summed E-state index contributed by atoms with van der Waals surface area (Å²) in [4.78, 5) is 30.8. The number of halogens is 1. The van der Waals surface area contributed by atoms with E-state index in [9.17, 15) is 9.59 Å². The molecule has 2 heterocycles. The van der Waals surface area contributed by atoms with Crippen LogP contribution in [-0.2, 0) is 35.5 Å². The van der Waals surface area contributed by atoms with Crippen LogP contribution in [0, 0.1) is 0 Å². The summed E-state index contributed by atoms with van der Waals surface area (Å²) in [6.07, 6.45) is 2.79. The first-order valence-corrected chi connectivity index (χ1v) is 16.3. The number of nitrogens with zero attached hydrogens (tertiary/aromatic N) is 2. The molecule has 0 fully saturated rings. The predicted molar refractivity (Wildman–Crippen MR) is 181 cm³/mol. The summed E-state index contributed by atoms with van der Waals surface area (Å²) in [5, 5.41) is 23.8. The Morgan fingerprint density at radius 2 is 1.31 bits per heavy atom. The highest BCUT2D eigenvalue weighted by Crippen LogP contribution is 2.45. The average Bonchev–Trinajstić information content (AvgIpc) is 3.70. The summed E-state index contributed by atoms with van der Waals surface area (Å²) in [6, 6.07) is 17.9. The topological polar surface area (TPSA) is 161 Å². The first kappa shape index (κ1) is 34.0. The average molecular weight is 689 g/mol. The van der Waals surface area contributed by atoms with Gasteiger partial charge < -0.3 is 39.8 Å². The maximum absolute atomic E-state index is 10.9. The van der Waals surface area contributed by atoms with Gasteiger partial charge in [-0.15, -0.1) is 0 Å². The van der Waals surface area contributed by atoms with Crippen LogP contribution in [0.15, 0.2) is 54.6 Å². The van der Waals surface area contributed by atoms with E-state index in [0.29, 0.717) is 34.8 Å². The van der Waals surface area contributed by atoms with Crippen molar-refractivity contribution in [3.05, 3.63) is 93.0 Å². The van der Waals surface area contributed by atoms with Crippen molar-refractivity contribution in [1.82, 2.24) is 20.6 Å². The van der Waals surface area contributed by atoms with Crippen molar-refractivity contribution in [3.63, 3.8) is 0 Å². The Balaban J connectivity index is 1.20. The largest absolute Gasteiger partial charge is 0.481 e. The van der Waals surface area contributed by atoms with Gasteiger partial charge in [-0.3, -0.25) is 9.59 Å². The van der Waals surface area contributed by atoms with Crippen LogP contribution in [0.5, 0.6) is 23.5 Å². The number of carboxylic acids is 2. The van der Waals surface area contributed by atoms with Crippen molar-refractivity contribution >= 4 is 23.5 Å². The van der Waals surface area contributed by atoms with Crippen molar-refractivity contribution in [3.8, 4) is 34.6 Å². The molecule has 0 amide bonds. The number of aliphatic carboxylic acids is 2. The lowest BCUT2D eigenvalue weighted by atomic mass is 9.91. The van der Waals surface area contributed by atoms with Crippen LogP contribution in [-0.4, -0.2) is 59.4 Å². The Hall–Kier alpha value is -4.91. The first-order chi connectivity index (χ1) is 23.7. The smallest absolute Gasteiger partial charge is 0.317 e. The van der Waals surface area contributed by atoms with Crippen LogP contribution in [0.2, 0.25) is 5.02 Å². The SMILES string of the molecule is COc1nc(O[C@H]2CCc3c(-c4cccc5c4CC[C@@H]5Oc4nc(OC)c(CNCC(=O)O)cc4Cl)cccc32)ccc1CNCC(=O)O. The van der Waals surface area contributed by atoms with E-state index in [2.05, 4.69) is 50.9 Å². The van der Waals surface area contributed by atoms with Gasteiger partial charge in [0.25, 0.3) is 0 Å². The first-order valence-electron chi connectivity index (χ1n) is 15.9. The van der Waals surface area contributed by atoms with E-state index in [1.54, 1.807) is 12.1 Å². The molecule has 2 aliphatic rings. The maximum atomic E-state index is 10.9. The number of rotatable bonds is 15. The van der Waals surface area contributed by atoms with E-state index in [1.165, 1.54) is 30.9 Å². The quantitative estimate of drug-likeness (QED) is 0.128. The third kappa shape index (κ3) is 7.56. The van der Waals surface area contributed by atoms with Gasteiger partial charge in [0.2, 0.25) is 23.5 Å². The van der Waals surface area contributed by atoms with Gasteiger partial charge in [0.15, 0.2) is 0 Å². The van der Waals surface area contributed by atoms with Crippen molar-refractivity contribution < 1.29 is 38.7 Å². The molecule has 0 saturated heterocycles. The van der Waals surface area contributed by atoms with Crippen molar-refractivity contribution in [2.24, 2.45) is 0 Å². The van der Waals surface area contributed by atoms with E-state index in [1.807, 2.05) is 12.1 Å². The molecule has 0 bridgehead atoms. The molecule has 2 atom stereocenters. The molecule has 4 N–H and O–H groups in total. The molecule has 12 nitrogen and oxygen atoms in total. The number of nitrogens with one attached hydrogen (secondary N) is 2. The summed E-state index contributed by atoms with van der Waals surface area (Å²) >= 11 is 6.59. The molecule has 0 saturated carbocycles. The number of fused-ring (bicyclic) bond motifs is 2. The summed E-state index contributed by atoms with van der Waals surface area (Å²) in [5.41, 5.74) is 8.37. The molecule has 4 aromatic rings. The lowest BCUT2D eigenvalue weighted by Gasteiger charge is -2.19. The lowest BCUT2D eigenvalue weighted by molar-refractivity contribution is -0.137. The number of ether oxygens (including phenoxy) is 4. The van der Waals surface area contributed by atoms with E-state index in [0.717, 1.165) is 47.9 Å². The summed E-state index contributed by atoms with van der Waals surface area (Å²) in [7, 11) is 3.03. The number of pyridine rings is 2. The number of aromatic nitrogens is 2. The molecule has 0 aliphatic heterocycles. The van der Waals surface area contributed by atoms with Gasteiger partial charge in [-0.05, 0) is 71.2 Å². The zero-order chi connectivity index (χ0) is 34.5. The molecule has 0 radical (unpaired) electrons. The van der Waals surface area contributed by atoms with Crippen LogP contribution in [0.1, 0.15) is 58.4 Å². The minimum Gasteiger partial charge on any atom is -0.481 e. The lowest BCUT2D eigenvalue weighted by Crippen LogP contribution is -2.22. The van der Waals surface area contributed by atoms with E-state index < -0.39 is 11.9 Å². The molecule has 0 spiro atoms. The number of hydrogen-bond donors (Lipinski definition) is 4. The molecule has 0 unspecified atom stereocenters. The number of carbonyl (C=O) groups is 2. The Morgan fingerprint density at radius 1 is 0.755 bits per heavy atom. The van der Waals surface area contributed by atoms with Crippen molar-refractivity contribution in [2.45, 2.75) is 51.0 Å². The molecular weight excluding hydrogens is 652 g/mol. The molecule has 256 valence electrons. The van der Waals surface area contributed by atoms with Gasteiger partial charge in [-0.1, -0.05) is 48.0 Å². The van der Waals surface area contributed by atoms with Gasteiger partial charge in [0.1, 0.15) is 17.2 Å². The molecule has 2 aromatic carbocycles. The van der Waals surface area contributed by atoms with E-state index in [4.69, 9.17) is 40.8 Å². The molecule has 2 aliphatic carbocycles. The maximum Gasteiger partial charge on any atom is 0.317 e. The standard InChI is InChI=1S/C36H37ClN4O8/c1-46-34-20(16-38-18-32(42)43)9-14-31(40-34)48-29-12-10-24-22(5-3-7-26(24)29)23-6-4-8-27-25(23)11-13-30(27)49-36-28(37)15-21(35(41-36)47-2)17-39-19-33(44)45/h3-9,14-15,29-30,38-39H,10-13,16-19H2,1-2H3,(H,42,43)(H,44,45)/t29-,30-/m0/s1. The van der Waals surface area contributed by atoms with Gasteiger partial charge in [0, 0.05) is 30.3 Å². The highest BCUT2D eigenvalue weighted by atomic mass is 35.5. The van der Waals surface area contributed by atoms with E-state index in [-0.39, 0.29) is 37.7 Å². The number of benzene rings is 2. The van der Waals surface area contributed by atoms with Crippen molar-refractivity contribution in [2.75, 3.05) is 27.3 Å². The molecule has 13 heteroatoms. The van der Waals surface area contributed by atoms with Gasteiger partial charge in [-0.2, -0.15) is 9.97 Å². The zero-order valence-corrected chi connectivity index (χ0v) is 27.9. The van der Waals surface area contributed by atoms with Crippen LogP contribution in [0.4, 0.5) is 0 Å². The van der Waals surface area contributed by atoms with E-state index >= 15 is 0 Å². The minimum atomic E-state index is -0.961. The fourth-order valence-electron chi connectivity index (χ4n) is 6.58.